The molecule has 166 valence electrons. The maximum atomic E-state index is 13.0. The Labute approximate surface area is 184 Å². The topological polar surface area (TPSA) is 119 Å². The number of benzene rings is 2. The lowest BCUT2D eigenvalue weighted by molar-refractivity contribution is -0.139. The molecule has 2 aromatic carbocycles. The van der Waals surface area contributed by atoms with E-state index in [1.54, 1.807) is 36.4 Å². The molecular formula is C23H24N4O5. The van der Waals surface area contributed by atoms with E-state index >= 15 is 0 Å². The Bertz CT molecular complexity index is 1220. The Morgan fingerprint density at radius 2 is 1.66 bits per heavy atom. The largest absolute Gasteiger partial charge is 0.468 e. The molecule has 32 heavy (non-hydrogen) atoms. The molecule has 0 saturated carbocycles. The fourth-order valence-electron chi connectivity index (χ4n) is 3.09. The third kappa shape index (κ3) is 5.18. The number of nitrogens with zero attached hydrogens (tertiary/aromatic N) is 2. The summed E-state index contributed by atoms with van der Waals surface area (Å²) in [5.74, 6) is -1.29. The van der Waals surface area contributed by atoms with E-state index in [-0.39, 0.29) is 23.7 Å². The van der Waals surface area contributed by atoms with Crippen LogP contribution in [-0.4, -0.2) is 41.2 Å². The highest BCUT2D eigenvalue weighted by atomic mass is 16.5. The molecule has 9 heteroatoms. The van der Waals surface area contributed by atoms with Crippen LogP contribution in [0.3, 0.4) is 0 Å². The lowest BCUT2D eigenvalue weighted by Gasteiger charge is -2.13. The van der Waals surface area contributed by atoms with E-state index in [1.807, 2.05) is 13.8 Å². The number of esters is 1. The summed E-state index contributed by atoms with van der Waals surface area (Å²) in [5, 5.41) is 10.4. The Morgan fingerprint density at radius 3 is 2.28 bits per heavy atom. The van der Waals surface area contributed by atoms with Gasteiger partial charge in [0.2, 0.25) is 0 Å². The number of anilines is 1. The SMILES string of the molecule is COC(=O)CNC(=O)c1ccc(NC(=O)c2nn(CC(C)C)c(=O)c3ccccc23)cc1. The van der Waals surface area contributed by atoms with Crippen LogP contribution < -0.4 is 16.2 Å². The minimum atomic E-state index is -0.555. The second-order valence-corrected chi connectivity index (χ2v) is 7.57. The smallest absolute Gasteiger partial charge is 0.325 e. The summed E-state index contributed by atoms with van der Waals surface area (Å²) in [5.41, 5.74) is 0.668. The van der Waals surface area contributed by atoms with Crippen molar-refractivity contribution in [3.63, 3.8) is 0 Å². The molecule has 0 aliphatic carbocycles. The lowest BCUT2D eigenvalue weighted by atomic mass is 10.1. The molecule has 0 saturated heterocycles. The first-order valence-electron chi connectivity index (χ1n) is 10.1. The first kappa shape index (κ1) is 22.7. The van der Waals surface area contributed by atoms with Gasteiger partial charge in [-0.05, 0) is 36.2 Å². The van der Waals surface area contributed by atoms with Gasteiger partial charge in [0.05, 0.1) is 12.5 Å². The summed E-state index contributed by atoms with van der Waals surface area (Å²) in [6, 6.07) is 13.0. The molecule has 0 unspecified atom stereocenters. The van der Waals surface area contributed by atoms with Crippen molar-refractivity contribution in [3.05, 3.63) is 70.1 Å². The highest BCUT2D eigenvalue weighted by Gasteiger charge is 2.17. The monoisotopic (exact) mass is 436 g/mol. The first-order chi connectivity index (χ1) is 15.3. The zero-order chi connectivity index (χ0) is 23.3. The molecule has 0 radical (unpaired) electrons. The number of carbonyl (C=O) groups is 3. The minimum absolute atomic E-state index is 0.140. The second-order valence-electron chi connectivity index (χ2n) is 7.57. The molecule has 1 aromatic heterocycles. The van der Waals surface area contributed by atoms with Gasteiger partial charge < -0.3 is 15.4 Å². The standard InChI is InChI=1S/C23H24N4O5/c1-14(2)13-27-23(31)18-7-5-4-6-17(18)20(26-27)22(30)25-16-10-8-15(9-11-16)21(29)24-12-19(28)32-3/h4-11,14H,12-13H2,1-3H3,(H,24,29)(H,25,30). The van der Waals surface area contributed by atoms with Crippen LogP contribution in [0.4, 0.5) is 5.69 Å². The normalized spacial score (nSPS) is 10.8. The molecule has 0 aliphatic rings. The zero-order valence-electron chi connectivity index (χ0n) is 18.0. The number of nitrogens with one attached hydrogen (secondary N) is 2. The zero-order valence-corrected chi connectivity index (χ0v) is 18.0. The van der Waals surface area contributed by atoms with Crippen molar-refractivity contribution in [2.24, 2.45) is 5.92 Å². The average molecular weight is 436 g/mol. The van der Waals surface area contributed by atoms with Gasteiger partial charge in [0.25, 0.3) is 17.4 Å². The summed E-state index contributed by atoms with van der Waals surface area (Å²) in [7, 11) is 1.24. The van der Waals surface area contributed by atoms with Gasteiger partial charge >= 0.3 is 5.97 Å². The summed E-state index contributed by atoms with van der Waals surface area (Å²) < 4.78 is 5.80. The number of hydrogen-bond acceptors (Lipinski definition) is 6. The fourth-order valence-corrected chi connectivity index (χ4v) is 3.09. The Balaban J connectivity index is 1.83. The third-order valence-electron chi connectivity index (χ3n) is 4.65. The number of ether oxygens (including phenoxy) is 1. The Hall–Kier alpha value is -4.01. The van der Waals surface area contributed by atoms with Gasteiger partial charge in [-0.25, -0.2) is 4.68 Å². The van der Waals surface area contributed by atoms with E-state index in [2.05, 4.69) is 20.5 Å². The molecule has 9 nitrogen and oxygen atoms in total. The van der Waals surface area contributed by atoms with Crippen molar-refractivity contribution in [3.8, 4) is 0 Å². The van der Waals surface area contributed by atoms with Crippen LogP contribution in [0.25, 0.3) is 10.8 Å². The number of fused-ring (bicyclic) bond motifs is 1. The van der Waals surface area contributed by atoms with Crippen molar-refractivity contribution in [2.45, 2.75) is 20.4 Å². The number of hydrogen-bond donors (Lipinski definition) is 2. The van der Waals surface area contributed by atoms with Gasteiger partial charge in [0.15, 0.2) is 5.69 Å². The van der Waals surface area contributed by atoms with E-state index in [0.717, 1.165) is 0 Å². The Morgan fingerprint density at radius 1 is 1.00 bits per heavy atom. The molecule has 3 rings (SSSR count). The van der Waals surface area contributed by atoms with Gasteiger partial charge in [-0.1, -0.05) is 32.0 Å². The van der Waals surface area contributed by atoms with Gasteiger partial charge in [-0.15, -0.1) is 0 Å². The van der Waals surface area contributed by atoms with Crippen molar-refractivity contribution in [1.29, 1.82) is 0 Å². The molecular weight excluding hydrogens is 412 g/mol. The number of methoxy groups -OCH3 is 1. The maximum Gasteiger partial charge on any atom is 0.325 e. The van der Waals surface area contributed by atoms with Crippen LogP contribution in [0.5, 0.6) is 0 Å². The van der Waals surface area contributed by atoms with Crippen LogP contribution in [0.2, 0.25) is 0 Å². The molecule has 0 fully saturated rings. The second kappa shape index (κ2) is 9.86. The van der Waals surface area contributed by atoms with Gasteiger partial charge in [0.1, 0.15) is 6.54 Å². The molecule has 1 heterocycles. The number of carbonyl (C=O) groups excluding carboxylic acids is 3. The van der Waals surface area contributed by atoms with Crippen LogP contribution in [-0.2, 0) is 16.1 Å². The summed E-state index contributed by atoms with van der Waals surface area (Å²) in [6.07, 6.45) is 0. The Kier molecular flexibility index (Phi) is 6.99. The highest BCUT2D eigenvalue weighted by Crippen LogP contribution is 2.17. The predicted octanol–water partition coefficient (Wildman–Crippen LogP) is 2.21. The van der Waals surface area contributed by atoms with Crippen molar-refractivity contribution < 1.29 is 19.1 Å². The van der Waals surface area contributed by atoms with Gasteiger partial charge in [0, 0.05) is 23.2 Å². The third-order valence-corrected chi connectivity index (χ3v) is 4.65. The van der Waals surface area contributed by atoms with Crippen LogP contribution >= 0.6 is 0 Å². The van der Waals surface area contributed by atoms with Gasteiger partial charge in [-0.2, -0.15) is 5.10 Å². The van der Waals surface area contributed by atoms with Crippen molar-refractivity contribution >= 4 is 34.2 Å². The molecule has 2 amide bonds. The average Bonchev–Trinajstić information content (AvgIpc) is 2.79. The number of amides is 2. The molecule has 0 aliphatic heterocycles. The van der Waals surface area contributed by atoms with Crippen LogP contribution in [0.1, 0.15) is 34.7 Å². The number of rotatable bonds is 7. The molecule has 0 bridgehead atoms. The summed E-state index contributed by atoms with van der Waals surface area (Å²) >= 11 is 0. The fraction of sp³-hybridized carbons (Fsp3) is 0.261. The molecule has 0 atom stereocenters. The molecule has 0 spiro atoms. The van der Waals surface area contributed by atoms with Crippen molar-refractivity contribution in [1.82, 2.24) is 15.1 Å². The quantitative estimate of drug-likeness (QED) is 0.548. The van der Waals surface area contributed by atoms with E-state index in [9.17, 15) is 19.2 Å². The molecule has 3 aromatic rings. The highest BCUT2D eigenvalue weighted by molar-refractivity contribution is 6.11. The predicted molar refractivity (Wildman–Crippen MR) is 120 cm³/mol. The van der Waals surface area contributed by atoms with Gasteiger partial charge in [-0.3, -0.25) is 19.2 Å². The van der Waals surface area contributed by atoms with E-state index in [0.29, 0.717) is 28.6 Å². The summed E-state index contributed by atoms with van der Waals surface area (Å²) in [6.45, 7) is 4.08. The van der Waals surface area contributed by atoms with Crippen molar-refractivity contribution in [2.75, 3.05) is 19.0 Å². The van der Waals surface area contributed by atoms with Crippen LogP contribution in [0, 0.1) is 5.92 Å². The lowest BCUT2D eigenvalue weighted by Crippen LogP contribution is -2.30. The van der Waals surface area contributed by atoms with Crippen LogP contribution in [0.15, 0.2) is 53.3 Å². The van der Waals surface area contributed by atoms with E-state index in [4.69, 9.17) is 0 Å². The number of aromatic nitrogens is 2. The summed E-state index contributed by atoms with van der Waals surface area (Å²) in [4.78, 5) is 48.9. The molecule has 2 N–H and O–H groups in total. The minimum Gasteiger partial charge on any atom is -0.468 e. The van der Waals surface area contributed by atoms with E-state index < -0.39 is 17.8 Å². The first-order valence-corrected chi connectivity index (χ1v) is 10.1. The maximum absolute atomic E-state index is 13.0. The van der Waals surface area contributed by atoms with E-state index in [1.165, 1.54) is 23.9 Å².